The second kappa shape index (κ2) is 12.5. The van der Waals surface area contributed by atoms with Crippen LogP contribution in [0.25, 0.3) is 0 Å². The molecule has 2 amide bonds. The molecule has 0 aromatic heterocycles. The molecule has 1 atom stereocenters. The van der Waals surface area contributed by atoms with E-state index < -0.39 is 6.04 Å². The molecule has 0 aliphatic carbocycles. The Morgan fingerprint density at radius 2 is 1.59 bits per heavy atom. The van der Waals surface area contributed by atoms with Crippen molar-refractivity contribution in [2.24, 2.45) is 0 Å². The fourth-order valence-electron chi connectivity index (χ4n) is 3.63. The van der Waals surface area contributed by atoms with Gasteiger partial charge in [-0.15, -0.1) is 0 Å². The molecule has 0 heterocycles. The van der Waals surface area contributed by atoms with E-state index in [1.54, 1.807) is 35.2 Å². The molecule has 3 rings (SSSR count). The number of nitrogens with zero attached hydrogens (tertiary/aromatic N) is 1. The van der Waals surface area contributed by atoms with Gasteiger partial charge >= 0.3 is 0 Å². The third-order valence-electron chi connectivity index (χ3n) is 5.43. The molecule has 0 aliphatic rings. The number of carbonyl (C=O) groups is 2. The molecule has 1 N–H and O–H groups in total. The topological polar surface area (TPSA) is 49.4 Å². The molecule has 0 saturated heterocycles. The Morgan fingerprint density at radius 1 is 0.912 bits per heavy atom. The Kier molecular flexibility index (Phi) is 9.49. The van der Waals surface area contributed by atoms with E-state index in [2.05, 4.69) is 5.32 Å². The highest BCUT2D eigenvalue weighted by atomic mass is 35.5. The van der Waals surface area contributed by atoms with Crippen LogP contribution in [0.3, 0.4) is 0 Å². The summed E-state index contributed by atoms with van der Waals surface area (Å²) in [5.74, 6) is -0.829. The lowest BCUT2D eigenvalue weighted by atomic mass is 10.0. The molecule has 0 fully saturated rings. The number of amides is 2. The number of hydrogen-bond acceptors (Lipinski definition) is 2. The van der Waals surface area contributed by atoms with Crippen molar-refractivity contribution in [1.29, 1.82) is 0 Å². The molecule has 1 unspecified atom stereocenters. The molecule has 0 spiro atoms. The molecule has 0 radical (unpaired) electrons. The minimum absolute atomic E-state index is 0.0461. The summed E-state index contributed by atoms with van der Waals surface area (Å²) >= 11 is 12.2. The molecule has 7 heteroatoms. The fraction of sp³-hybridized carbons (Fsp3) is 0.259. The maximum atomic E-state index is 13.6. The number of nitrogens with one attached hydrogen (secondary N) is 1. The molecule has 4 nitrogen and oxygen atoms in total. The van der Waals surface area contributed by atoms with Gasteiger partial charge in [0.25, 0.3) is 0 Å². The maximum absolute atomic E-state index is 13.6. The van der Waals surface area contributed by atoms with Crippen LogP contribution >= 0.6 is 23.2 Å². The van der Waals surface area contributed by atoms with Crippen LogP contribution in [0.1, 0.15) is 30.0 Å². The largest absolute Gasteiger partial charge is 0.354 e. The molecule has 0 saturated carbocycles. The van der Waals surface area contributed by atoms with Crippen LogP contribution in [-0.2, 0) is 29.0 Å². The Balaban J connectivity index is 1.95. The van der Waals surface area contributed by atoms with Crippen LogP contribution < -0.4 is 5.32 Å². The Bertz CT molecular complexity index is 1110. The summed E-state index contributed by atoms with van der Waals surface area (Å²) in [6.45, 7) is 2.64. The summed E-state index contributed by atoms with van der Waals surface area (Å²) < 4.78 is 13.5. The number of halogens is 3. The van der Waals surface area contributed by atoms with Gasteiger partial charge in [0.1, 0.15) is 11.9 Å². The van der Waals surface area contributed by atoms with Gasteiger partial charge in [-0.3, -0.25) is 9.59 Å². The Morgan fingerprint density at radius 3 is 2.24 bits per heavy atom. The van der Waals surface area contributed by atoms with Crippen LogP contribution in [-0.4, -0.2) is 29.3 Å². The Hall–Kier alpha value is -2.89. The van der Waals surface area contributed by atoms with E-state index in [4.69, 9.17) is 23.2 Å². The van der Waals surface area contributed by atoms with Gasteiger partial charge in [0, 0.05) is 19.5 Å². The third-order valence-corrected chi connectivity index (χ3v) is 6.16. The van der Waals surface area contributed by atoms with Crippen molar-refractivity contribution in [3.63, 3.8) is 0 Å². The Labute approximate surface area is 209 Å². The first kappa shape index (κ1) is 25.7. The standard InChI is InChI=1S/C27H27Cl2FN2O2/c1-2-14-31-27(34)25(16-19-6-4-3-5-7-19)32(18-20-8-11-22(30)12-9-20)26(33)17-21-10-13-23(28)24(29)15-21/h3-13,15,25H,2,14,16-18H2,1H3,(H,31,34). The van der Waals surface area contributed by atoms with Crippen molar-refractivity contribution in [2.75, 3.05) is 6.54 Å². The first-order valence-corrected chi connectivity index (χ1v) is 11.9. The van der Waals surface area contributed by atoms with E-state index >= 15 is 0 Å². The summed E-state index contributed by atoms with van der Waals surface area (Å²) in [5, 5.41) is 3.70. The van der Waals surface area contributed by atoms with Crippen molar-refractivity contribution in [1.82, 2.24) is 10.2 Å². The van der Waals surface area contributed by atoms with Crippen LogP contribution in [0.15, 0.2) is 72.8 Å². The SMILES string of the molecule is CCCNC(=O)C(Cc1ccccc1)N(Cc1ccc(F)cc1)C(=O)Cc1ccc(Cl)c(Cl)c1. The molecular formula is C27H27Cl2FN2O2. The number of hydrogen-bond donors (Lipinski definition) is 1. The van der Waals surface area contributed by atoms with Crippen LogP contribution in [0.5, 0.6) is 0 Å². The second-order valence-electron chi connectivity index (χ2n) is 8.07. The monoisotopic (exact) mass is 500 g/mol. The van der Waals surface area contributed by atoms with E-state index in [-0.39, 0.29) is 30.6 Å². The molecular weight excluding hydrogens is 474 g/mol. The lowest BCUT2D eigenvalue weighted by Gasteiger charge is -2.31. The van der Waals surface area contributed by atoms with Gasteiger partial charge in [-0.1, -0.05) is 78.7 Å². The molecule has 34 heavy (non-hydrogen) atoms. The van der Waals surface area contributed by atoms with Crippen molar-refractivity contribution >= 4 is 35.0 Å². The highest BCUT2D eigenvalue weighted by Gasteiger charge is 2.30. The average molecular weight is 501 g/mol. The van der Waals surface area contributed by atoms with Crippen LogP contribution in [0.2, 0.25) is 10.0 Å². The zero-order valence-electron chi connectivity index (χ0n) is 18.9. The molecule has 3 aromatic rings. The van der Waals surface area contributed by atoms with E-state index in [0.29, 0.717) is 28.6 Å². The van der Waals surface area contributed by atoms with Crippen LogP contribution in [0, 0.1) is 5.82 Å². The third kappa shape index (κ3) is 7.31. The number of rotatable bonds is 10. The lowest BCUT2D eigenvalue weighted by molar-refractivity contribution is -0.140. The van der Waals surface area contributed by atoms with Gasteiger partial charge in [-0.2, -0.15) is 0 Å². The summed E-state index contributed by atoms with van der Waals surface area (Å²) in [6.07, 6.45) is 1.17. The highest BCUT2D eigenvalue weighted by molar-refractivity contribution is 6.42. The fourth-order valence-corrected chi connectivity index (χ4v) is 3.95. The van der Waals surface area contributed by atoms with Crippen molar-refractivity contribution < 1.29 is 14.0 Å². The van der Waals surface area contributed by atoms with E-state index in [1.165, 1.54) is 12.1 Å². The summed E-state index contributed by atoms with van der Waals surface area (Å²) in [6, 6.07) is 19.8. The van der Waals surface area contributed by atoms with E-state index in [0.717, 1.165) is 17.5 Å². The van der Waals surface area contributed by atoms with Crippen molar-refractivity contribution in [3.8, 4) is 0 Å². The zero-order chi connectivity index (χ0) is 24.5. The average Bonchev–Trinajstić information content (AvgIpc) is 2.84. The molecule has 178 valence electrons. The van der Waals surface area contributed by atoms with Gasteiger partial charge in [-0.25, -0.2) is 4.39 Å². The van der Waals surface area contributed by atoms with Gasteiger partial charge in [0.15, 0.2) is 0 Å². The quantitative estimate of drug-likeness (QED) is 0.380. The number of benzene rings is 3. The second-order valence-corrected chi connectivity index (χ2v) is 8.88. The van der Waals surface area contributed by atoms with Crippen molar-refractivity contribution in [3.05, 3.63) is 105 Å². The zero-order valence-corrected chi connectivity index (χ0v) is 20.5. The first-order valence-electron chi connectivity index (χ1n) is 11.2. The summed E-state index contributed by atoms with van der Waals surface area (Å²) in [4.78, 5) is 28.4. The molecule has 0 aliphatic heterocycles. The lowest BCUT2D eigenvalue weighted by Crippen LogP contribution is -2.51. The van der Waals surface area contributed by atoms with Gasteiger partial charge in [-0.05, 0) is 47.4 Å². The maximum Gasteiger partial charge on any atom is 0.243 e. The molecule has 0 bridgehead atoms. The summed E-state index contributed by atoms with van der Waals surface area (Å²) in [5.41, 5.74) is 2.35. The minimum atomic E-state index is -0.741. The minimum Gasteiger partial charge on any atom is -0.354 e. The van der Waals surface area contributed by atoms with Gasteiger partial charge in [0.2, 0.25) is 11.8 Å². The van der Waals surface area contributed by atoms with Crippen molar-refractivity contribution in [2.45, 2.75) is 38.8 Å². The predicted octanol–water partition coefficient (Wildman–Crippen LogP) is 5.84. The van der Waals surface area contributed by atoms with Gasteiger partial charge in [0.05, 0.1) is 16.5 Å². The van der Waals surface area contributed by atoms with E-state index in [9.17, 15) is 14.0 Å². The van der Waals surface area contributed by atoms with Gasteiger partial charge < -0.3 is 10.2 Å². The van der Waals surface area contributed by atoms with E-state index in [1.807, 2.05) is 37.3 Å². The smallest absolute Gasteiger partial charge is 0.243 e. The normalized spacial score (nSPS) is 11.6. The molecule has 3 aromatic carbocycles. The highest BCUT2D eigenvalue weighted by Crippen LogP contribution is 2.24. The number of carbonyl (C=O) groups excluding carboxylic acids is 2. The van der Waals surface area contributed by atoms with Crippen LogP contribution in [0.4, 0.5) is 4.39 Å². The predicted molar refractivity (Wildman–Crippen MR) is 134 cm³/mol. The first-order chi connectivity index (χ1) is 16.4. The summed E-state index contributed by atoms with van der Waals surface area (Å²) in [7, 11) is 0.